The first kappa shape index (κ1) is 20.1. The molecule has 5 heteroatoms. The average molecular weight is 383 g/mol. The monoisotopic (exact) mass is 383 g/mol. The van der Waals surface area contributed by atoms with Gasteiger partial charge in [-0.2, -0.15) is 0 Å². The summed E-state index contributed by atoms with van der Waals surface area (Å²) in [6, 6.07) is 12.1. The molecule has 0 saturated heterocycles. The number of hydrogen-bond acceptors (Lipinski definition) is 4. The first-order valence-corrected chi connectivity index (χ1v) is 9.93. The Hall–Kier alpha value is -2.69. The fourth-order valence-corrected chi connectivity index (χ4v) is 3.22. The second-order valence-electron chi connectivity index (χ2n) is 7.17. The van der Waals surface area contributed by atoms with Crippen LogP contribution in [0.1, 0.15) is 42.9 Å². The van der Waals surface area contributed by atoms with Gasteiger partial charge in [0.05, 0.1) is 6.61 Å². The highest BCUT2D eigenvalue weighted by atomic mass is 16.7. The van der Waals surface area contributed by atoms with Gasteiger partial charge < -0.3 is 19.1 Å². The number of hydrogen-bond donors (Lipinski definition) is 0. The fourth-order valence-electron chi connectivity index (χ4n) is 3.22. The van der Waals surface area contributed by atoms with E-state index in [0.717, 1.165) is 41.2 Å². The second kappa shape index (κ2) is 9.49. The number of carbonyl (C=O) groups is 1. The largest absolute Gasteiger partial charge is 0.493 e. The predicted molar refractivity (Wildman–Crippen MR) is 109 cm³/mol. The van der Waals surface area contributed by atoms with Crippen LogP contribution in [-0.4, -0.2) is 30.8 Å². The Kier molecular flexibility index (Phi) is 6.80. The highest BCUT2D eigenvalue weighted by Gasteiger charge is 2.16. The van der Waals surface area contributed by atoms with E-state index in [1.165, 1.54) is 5.56 Å². The smallest absolute Gasteiger partial charge is 0.231 e. The van der Waals surface area contributed by atoms with E-state index in [1.54, 1.807) is 0 Å². The van der Waals surface area contributed by atoms with E-state index in [2.05, 4.69) is 25.1 Å². The summed E-state index contributed by atoms with van der Waals surface area (Å²) in [7, 11) is 0. The van der Waals surface area contributed by atoms with Crippen molar-refractivity contribution in [2.75, 3.05) is 19.9 Å². The van der Waals surface area contributed by atoms with Crippen molar-refractivity contribution >= 4 is 5.91 Å². The molecule has 0 spiro atoms. The molecule has 0 unspecified atom stereocenters. The van der Waals surface area contributed by atoms with Gasteiger partial charge in [-0.25, -0.2) is 0 Å². The minimum absolute atomic E-state index is 0.173. The second-order valence-corrected chi connectivity index (χ2v) is 7.17. The van der Waals surface area contributed by atoms with Crippen LogP contribution in [0.3, 0.4) is 0 Å². The molecule has 1 heterocycles. The minimum atomic E-state index is 0.173. The number of rotatable bonds is 9. The normalized spacial score (nSPS) is 12.1. The van der Waals surface area contributed by atoms with Crippen molar-refractivity contribution in [1.82, 2.24) is 4.90 Å². The quantitative estimate of drug-likeness (QED) is 0.593. The molecule has 0 N–H and O–H groups in total. The molecule has 0 bridgehead atoms. The lowest BCUT2D eigenvalue weighted by atomic mass is 10.1. The number of amides is 1. The van der Waals surface area contributed by atoms with Crippen molar-refractivity contribution in [1.29, 1.82) is 0 Å². The predicted octanol–water partition coefficient (Wildman–Crippen LogP) is 4.63. The highest BCUT2D eigenvalue weighted by molar-refractivity contribution is 5.76. The van der Waals surface area contributed by atoms with E-state index in [9.17, 15) is 4.79 Å². The van der Waals surface area contributed by atoms with Gasteiger partial charge in [0.2, 0.25) is 12.7 Å². The van der Waals surface area contributed by atoms with Crippen LogP contribution in [-0.2, 0) is 11.3 Å². The maximum atomic E-state index is 12.6. The van der Waals surface area contributed by atoms with Crippen LogP contribution < -0.4 is 14.2 Å². The van der Waals surface area contributed by atoms with Crippen molar-refractivity contribution in [3.63, 3.8) is 0 Å². The molecule has 0 fully saturated rings. The van der Waals surface area contributed by atoms with Gasteiger partial charge in [0.25, 0.3) is 0 Å². The van der Waals surface area contributed by atoms with Crippen LogP contribution in [0.25, 0.3) is 0 Å². The van der Waals surface area contributed by atoms with Gasteiger partial charge in [-0.3, -0.25) is 4.79 Å². The Labute approximate surface area is 167 Å². The molecule has 28 heavy (non-hydrogen) atoms. The zero-order valence-corrected chi connectivity index (χ0v) is 17.0. The summed E-state index contributed by atoms with van der Waals surface area (Å²) in [5.41, 5.74) is 3.39. The number of ether oxygens (including phenoxy) is 3. The third-order valence-electron chi connectivity index (χ3n) is 4.93. The van der Waals surface area contributed by atoms with Gasteiger partial charge in [0.1, 0.15) is 5.75 Å². The summed E-state index contributed by atoms with van der Waals surface area (Å²) in [5, 5.41) is 0. The van der Waals surface area contributed by atoms with E-state index < -0.39 is 0 Å². The van der Waals surface area contributed by atoms with Gasteiger partial charge in [-0.1, -0.05) is 18.2 Å². The lowest BCUT2D eigenvalue weighted by molar-refractivity contribution is -0.131. The van der Waals surface area contributed by atoms with Crippen LogP contribution in [0.5, 0.6) is 17.2 Å². The first-order valence-electron chi connectivity index (χ1n) is 9.93. The summed E-state index contributed by atoms with van der Waals surface area (Å²) in [6.45, 7) is 8.29. The van der Waals surface area contributed by atoms with Gasteiger partial charge in [-0.05, 0) is 68.5 Å². The molecule has 0 aromatic heterocycles. The molecule has 0 atom stereocenters. The maximum Gasteiger partial charge on any atom is 0.231 e. The highest BCUT2D eigenvalue weighted by Crippen LogP contribution is 2.32. The molecule has 1 amide bonds. The Morgan fingerprint density at radius 1 is 1.07 bits per heavy atom. The number of unbranched alkanes of at least 4 members (excludes halogenated alkanes) is 1. The molecule has 1 aliphatic heterocycles. The molecule has 1 aliphatic rings. The standard InChI is InChI=1S/C23H29NO4/c1-4-24(15-19-10-11-20-22(14-19)28-16-27-20)23(25)7-5-6-12-26-21-13-17(2)8-9-18(21)3/h8-11,13-14H,4-7,12,15-16H2,1-3H3. The van der Waals surface area contributed by atoms with Gasteiger partial charge in [0, 0.05) is 19.5 Å². The lowest BCUT2D eigenvalue weighted by Crippen LogP contribution is -2.30. The molecule has 2 aromatic rings. The molecular formula is C23H29NO4. The zero-order valence-electron chi connectivity index (χ0n) is 17.0. The molecule has 0 saturated carbocycles. The number of carbonyl (C=O) groups excluding carboxylic acids is 1. The van der Waals surface area contributed by atoms with Crippen molar-refractivity contribution in [2.45, 2.75) is 46.6 Å². The minimum Gasteiger partial charge on any atom is -0.493 e. The Morgan fingerprint density at radius 3 is 2.71 bits per heavy atom. The molecule has 150 valence electrons. The van der Waals surface area contributed by atoms with E-state index in [-0.39, 0.29) is 12.7 Å². The third-order valence-corrected chi connectivity index (χ3v) is 4.93. The Bertz CT molecular complexity index is 818. The van der Waals surface area contributed by atoms with Crippen molar-refractivity contribution in [3.05, 3.63) is 53.1 Å². The summed E-state index contributed by atoms with van der Waals surface area (Å²) < 4.78 is 16.6. The zero-order chi connectivity index (χ0) is 19.9. The number of benzene rings is 2. The molecular weight excluding hydrogens is 354 g/mol. The molecule has 5 nitrogen and oxygen atoms in total. The summed E-state index contributed by atoms with van der Waals surface area (Å²) in [4.78, 5) is 14.5. The summed E-state index contributed by atoms with van der Waals surface area (Å²) in [6.07, 6.45) is 2.22. The molecule has 2 aromatic carbocycles. The fraction of sp³-hybridized carbons (Fsp3) is 0.435. The van der Waals surface area contributed by atoms with E-state index in [0.29, 0.717) is 26.1 Å². The van der Waals surface area contributed by atoms with Crippen LogP contribution >= 0.6 is 0 Å². The van der Waals surface area contributed by atoms with Gasteiger partial charge in [-0.15, -0.1) is 0 Å². The van der Waals surface area contributed by atoms with E-state index >= 15 is 0 Å². The van der Waals surface area contributed by atoms with Crippen LogP contribution in [0.2, 0.25) is 0 Å². The van der Waals surface area contributed by atoms with E-state index in [4.69, 9.17) is 14.2 Å². The van der Waals surface area contributed by atoms with Crippen molar-refractivity contribution in [2.24, 2.45) is 0 Å². The van der Waals surface area contributed by atoms with Crippen molar-refractivity contribution in [3.8, 4) is 17.2 Å². The van der Waals surface area contributed by atoms with Crippen LogP contribution in [0.15, 0.2) is 36.4 Å². The van der Waals surface area contributed by atoms with Gasteiger partial charge in [0.15, 0.2) is 11.5 Å². The van der Waals surface area contributed by atoms with Crippen LogP contribution in [0.4, 0.5) is 0 Å². The number of aryl methyl sites for hydroxylation is 2. The molecule has 0 aliphatic carbocycles. The number of nitrogens with zero attached hydrogens (tertiary/aromatic N) is 1. The number of fused-ring (bicyclic) bond motifs is 1. The SMILES string of the molecule is CCN(Cc1ccc2c(c1)OCO2)C(=O)CCCCOc1cc(C)ccc1C. The van der Waals surface area contributed by atoms with E-state index in [1.807, 2.05) is 36.9 Å². The topological polar surface area (TPSA) is 48.0 Å². The first-order chi connectivity index (χ1) is 13.6. The third kappa shape index (κ3) is 5.18. The Morgan fingerprint density at radius 2 is 1.89 bits per heavy atom. The molecule has 3 rings (SSSR count). The molecule has 0 radical (unpaired) electrons. The summed E-state index contributed by atoms with van der Waals surface area (Å²) >= 11 is 0. The summed E-state index contributed by atoms with van der Waals surface area (Å²) in [5.74, 6) is 2.63. The van der Waals surface area contributed by atoms with Crippen molar-refractivity contribution < 1.29 is 19.0 Å². The lowest BCUT2D eigenvalue weighted by Gasteiger charge is -2.21. The average Bonchev–Trinajstić information content (AvgIpc) is 3.16. The van der Waals surface area contributed by atoms with Crippen LogP contribution in [0, 0.1) is 13.8 Å². The Balaban J connectivity index is 1.42. The maximum absolute atomic E-state index is 12.6. The van der Waals surface area contributed by atoms with Gasteiger partial charge >= 0.3 is 0 Å².